The number of thiophene rings is 1. The quantitative estimate of drug-likeness (QED) is 0.905. The van der Waals surface area contributed by atoms with Crippen LogP contribution in [0.4, 0.5) is 0 Å². The maximum Gasteiger partial charge on any atom is 0.267 e. The first-order chi connectivity index (χ1) is 7.91. The number of rotatable bonds is 5. The highest BCUT2D eigenvalue weighted by Crippen LogP contribution is 2.26. The Morgan fingerprint density at radius 2 is 2.17 bits per heavy atom. The molecule has 0 aliphatic rings. The second kappa shape index (κ2) is 6.97. The van der Waals surface area contributed by atoms with Gasteiger partial charge in [-0.2, -0.15) is 0 Å². The summed E-state index contributed by atoms with van der Waals surface area (Å²) in [7, 11) is 3.36. The largest absolute Gasteiger partial charge is 0.495 e. The predicted octanol–water partition coefficient (Wildman–Crippen LogP) is 2.24. The summed E-state index contributed by atoms with van der Waals surface area (Å²) in [5.74, 6) is 0.621. The van der Waals surface area contributed by atoms with Gasteiger partial charge in [0.25, 0.3) is 5.91 Å². The smallest absolute Gasteiger partial charge is 0.267 e. The third-order valence-corrected chi connectivity index (χ3v) is 3.49. The first-order valence-corrected chi connectivity index (χ1v) is 6.36. The van der Waals surface area contributed by atoms with E-state index in [2.05, 4.69) is 0 Å². The summed E-state index contributed by atoms with van der Waals surface area (Å²) in [5, 5.41) is 1.86. The minimum atomic E-state index is -0.0745. The van der Waals surface area contributed by atoms with Gasteiger partial charge in [-0.25, -0.2) is 0 Å². The molecule has 0 saturated heterocycles. The average molecular weight is 293 g/mol. The van der Waals surface area contributed by atoms with Gasteiger partial charge in [-0.3, -0.25) is 4.79 Å². The van der Waals surface area contributed by atoms with Crippen molar-refractivity contribution in [3.8, 4) is 5.75 Å². The van der Waals surface area contributed by atoms with Crippen LogP contribution in [-0.2, 0) is 0 Å². The number of hydrogen-bond donors (Lipinski definition) is 1. The first kappa shape index (κ1) is 17.2. The Morgan fingerprint density at radius 1 is 1.56 bits per heavy atom. The molecule has 6 heteroatoms. The molecule has 0 aliphatic heterocycles. The van der Waals surface area contributed by atoms with Crippen molar-refractivity contribution >= 4 is 29.7 Å². The molecule has 1 heterocycles. The Kier molecular flexibility index (Phi) is 6.67. The summed E-state index contributed by atoms with van der Waals surface area (Å²) in [4.78, 5) is 14.5. The fourth-order valence-corrected chi connectivity index (χ4v) is 2.42. The monoisotopic (exact) mass is 292 g/mol. The number of hydrogen-bond acceptors (Lipinski definition) is 4. The van der Waals surface area contributed by atoms with Crippen molar-refractivity contribution in [1.29, 1.82) is 0 Å². The van der Waals surface area contributed by atoms with Gasteiger partial charge >= 0.3 is 0 Å². The van der Waals surface area contributed by atoms with Gasteiger partial charge in [-0.05, 0) is 23.4 Å². The van der Waals surface area contributed by atoms with E-state index < -0.39 is 0 Å². The fraction of sp³-hybridized carbons (Fsp3) is 0.583. The van der Waals surface area contributed by atoms with Gasteiger partial charge < -0.3 is 15.4 Å². The van der Waals surface area contributed by atoms with Crippen LogP contribution in [0.15, 0.2) is 11.4 Å². The predicted molar refractivity (Wildman–Crippen MR) is 77.9 cm³/mol. The molecule has 1 aromatic heterocycles. The molecular formula is C12H21ClN2O2S. The zero-order valence-corrected chi connectivity index (χ0v) is 12.9. The minimum Gasteiger partial charge on any atom is -0.495 e. The van der Waals surface area contributed by atoms with Gasteiger partial charge in [0.1, 0.15) is 10.6 Å². The zero-order chi connectivity index (χ0) is 13.1. The van der Waals surface area contributed by atoms with E-state index in [1.165, 1.54) is 11.3 Å². The second-order valence-electron chi connectivity index (χ2n) is 4.85. The molecule has 0 aliphatic carbocycles. The van der Waals surface area contributed by atoms with E-state index in [0.717, 1.165) is 0 Å². The van der Waals surface area contributed by atoms with Crippen molar-refractivity contribution in [1.82, 2.24) is 4.90 Å². The summed E-state index contributed by atoms with van der Waals surface area (Å²) >= 11 is 1.40. The van der Waals surface area contributed by atoms with Crippen molar-refractivity contribution in [3.63, 3.8) is 0 Å². The number of ether oxygens (including phenoxy) is 1. The SMILES string of the molecule is COc1ccsc1C(=O)N(C)CC(C)(C)CN.Cl. The fourth-order valence-electron chi connectivity index (χ4n) is 1.57. The molecule has 0 unspecified atom stereocenters. The van der Waals surface area contributed by atoms with Crippen LogP contribution in [-0.4, -0.2) is 38.1 Å². The lowest BCUT2D eigenvalue weighted by molar-refractivity contribution is 0.0742. The molecule has 1 rings (SSSR count). The number of amides is 1. The van der Waals surface area contributed by atoms with E-state index in [1.807, 2.05) is 19.2 Å². The maximum atomic E-state index is 12.2. The van der Waals surface area contributed by atoms with Crippen LogP contribution in [0, 0.1) is 5.41 Å². The summed E-state index contributed by atoms with van der Waals surface area (Å²) in [5.41, 5.74) is 5.59. The van der Waals surface area contributed by atoms with Crippen LogP contribution < -0.4 is 10.5 Å². The van der Waals surface area contributed by atoms with Crippen LogP contribution in [0.3, 0.4) is 0 Å². The Morgan fingerprint density at radius 3 is 2.67 bits per heavy atom. The van der Waals surface area contributed by atoms with Gasteiger partial charge in [0.2, 0.25) is 0 Å². The number of carbonyl (C=O) groups excluding carboxylic acids is 1. The molecule has 0 fully saturated rings. The van der Waals surface area contributed by atoms with Crippen molar-refractivity contribution in [3.05, 3.63) is 16.3 Å². The van der Waals surface area contributed by atoms with E-state index in [9.17, 15) is 4.79 Å². The lowest BCUT2D eigenvalue weighted by Gasteiger charge is -2.28. The van der Waals surface area contributed by atoms with Crippen LogP contribution >= 0.6 is 23.7 Å². The van der Waals surface area contributed by atoms with Gasteiger partial charge in [0, 0.05) is 13.6 Å². The van der Waals surface area contributed by atoms with E-state index >= 15 is 0 Å². The lowest BCUT2D eigenvalue weighted by Crippen LogP contribution is -2.39. The molecule has 104 valence electrons. The summed E-state index contributed by atoms with van der Waals surface area (Å²) < 4.78 is 5.15. The van der Waals surface area contributed by atoms with Gasteiger partial charge in [-0.1, -0.05) is 13.8 Å². The summed E-state index contributed by atoms with van der Waals surface area (Å²) in [6.07, 6.45) is 0. The van der Waals surface area contributed by atoms with E-state index in [0.29, 0.717) is 23.7 Å². The molecule has 0 saturated carbocycles. The Hall–Kier alpha value is -0.780. The van der Waals surface area contributed by atoms with Crippen LogP contribution in [0.1, 0.15) is 23.5 Å². The summed E-state index contributed by atoms with van der Waals surface area (Å²) in [6, 6.07) is 1.81. The molecule has 0 bridgehead atoms. The van der Waals surface area contributed by atoms with Crippen molar-refractivity contribution < 1.29 is 9.53 Å². The Bertz CT molecular complexity index is 393. The maximum absolute atomic E-state index is 12.2. The number of carbonyl (C=O) groups is 1. The van der Waals surface area contributed by atoms with Crippen molar-refractivity contribution in [2.45, 2.75) is 13.8 Å². The Labute approximate surface area is 119 Å². The van der Waals surface area contributed by atoms with Crippen molar-refractivity contribution in [2.75, 3.05) is 27.2 Å². The molecular weight excluding hydrogens is 272 g/mol. The van der Waals surface area contributed by atoms with Gasteiger partial charge in [0.05, 0.1) is 7.11 Å². The highest BCUT2D eigenvalue weighted by molar-refractivity contribution is 7.12. The molecule has 0 atom stereocenters. The normalized spacial score (nSPS) is 10.7. The molecule has 2 N–H and O–H groups in total. The van der Waals surface area contributed by atoms with Crippen LogP contribution in [0.25, 0.3) is 0 Å². The number of nitrogens with zero attached hydrogens (tertiary/aromatic N) is 1. The first-order valence-electron chi connectivity index (χ1n) is 5.48. The van der Waals surface area contributed by atoms with Crippen molar-refractivity contribution in [2.24, 2.45) is 11.1 Å². The minimum absolute atomic E-state index is 0. The highest BCUT2D eigenvalue weighted by Gasteiger charge is 2.24. The van der Waals surface area contributed by atoms with Crippen LogP contribution in [0.2, 0.25) is 0 Å². The van der Waals surface area contributed by atoms with E-state index in [1.54, 1.807) is 25.1 Å². The molecule has 0 aromatic carbocycles. The number of halogens is 1. The molecule has 1 aromatic rings. The molecule has 0 radical (unpaired) electrons. The number of nitrogens with two attached hydrogens (primary N) is 1. The molecule has 1 amide bonds. The molecule has 18 heavy (non-hydrogen) atoms. The van der Waals surface area contributed by atoms with Gasteiger partial charge in [-0.15, -0.1) is 23.7 Å². The highest BCUT2D eigenvalue weighted by atomic mass is 35.5. The molecule has 4 nitrogen and oxygen atoms in total. The van der Waals surface area contributed by atoms with E-state index in [4.69, 9.17) is 10.5 Å². The third kappa shape index (κ3) is 4.15. The third-order valence-electron chi connectivity index (χ3n) is 2.61. The topological polar surface area (TPSA) is 55.6 Å². The van der Waals surface area contributed by atoms with Crippen LogP contribution in [0.5, 0.6) is 5.75 Å². The standard InChI is InChI=1S/C12H20N2O2S.ClH/c1-12(2,7-13)8-14(3)11(15)10-9(16-4)5-6-17-10;/h5-6H,7-8,13H2,1-4H3;1H. The van der Waals surface area contributed by atoms with E-state index in [-0.39, 0.29) is 23.7 Å². The average Bonchev–Trinajstić information content (AvgIpc) is 2.75. The molecule has 0 spiro atoms. The van der Waals surface area contributed by atoms with Gasteiger partial charge in [0.15, 0.2) is 0 Å². The summed E-state index contributed by atoms with van der Waals surface area (Å²) in [6.45, 7) is 5.26. The second-order valence-corrected chi connectivity index (χ2v) is 5.76. The Balaban J connectivity index is 0.00000289. The lowest BCUT2D eigenvalue weighted by atomic mass is 9.93. The zero-order valence-electron chi connectivity index (χ0n) is 11.2. The number of methoxy groups -OCH3 is 1.